The Bertz CT molecular complexity index is 645. The molecular formula is C12H16ClNO5S2. The highest BCUT2D eigenvalue weighted by Gasteiger charge is 2.18. The van der Waals surface area contributed by atoms with Gasteiger partial charge in [-0.3, -0.25) is 9.00 Å². The van der Waals surface area contributed by atoms with E-state index in [0.717, 1.165) is 0 Å². The molecule has 0 aliphatic rings. The van der Waals surface area contributed by atoms with Crippen LogP contribution in [0.1, 0.15) is 15.9 Å². The number of ether oxygens (including phenoxy) is 1. The molecular weight excluding hydrogens is 338 g/mol. The van der Waals surface area contributed by atoms with Crippen molar-refractivity contribution in [2.24, 2.45) is 0 Å². The van der Waals surface area contributed by atoms with Gasteiger partial charge in [-0.1, -0.05) is 6.07 Å². The van der Waals surface area contributed by atoms with Gasteiger partial charge in [0, 0.05) is 52.7 Å². The summed E-state index contributed by atoms with van der Waals surface area (Å²) in [5.74, 6) is -0.125. The Hall–Kier alpha value is -0.960. The number of carbonyl (C=O) groups excluding carboxylic acids is 1. The molecule has 0 aliphatic carbocycles. The second-order valence-electron chi connectivity index (χ2n) is 4.23. The van der Waals surface area contributed by atoms with Crippen molar-refractivity contribution < 1.29 is 22.2 Å². The van der Waals surface area contributed by atoms with Crippen LogP contribution in [0, 0.1) is 0 Å². The number of amides is 1. The minimum Gasteiger partial charge on any atom is -0.380 e. The quantitative estimate of drug-likeness (QED) is 0.734. The Balaban J connectivity index is 2.99. The van der Waals surface area contributed by atoms with Gasteiger partial charge in [-0.2, -0.15) is 0 Å². The standard InChI is InChI=1S/C12H16ClNO5S2/c1-19-8-10-4-3-9(7-11(10)21(13,17)18)12(15)14-5-6-20(2)16/h3-4,7H,5-6,8H2,1-2H3,(H,14,15). The fourth-order valence-corrected chi connectivity index (χ4v) is 3.14. The third-order valence-corrected chi connectivity index (χ3v) is 4.75. The molecule has 1 rings (SSSR count). The van der Waals surface area contributed by atoms with Crippen LogP contribution in [0.4, 0.5) is 0 Å². The zero-order valence-electron chi connectivity index (χ0n) is 11.6. The number of methoxy groups -OCH3 is 1. The van der Waals surface area contributed by atoms with E-state index in [9.17, 15) is 17.4 Å². The van der Waals surface area contributed by atoms with Crippen LogP contribution < -0.4 is 5.32 Å². The molecule has 1 atom stereocenters. The van der Waals surface area contributed by atoms with Crippen LogP contribution in [0.15, 0.2) is 23.1 Å². The number of nitrogens with one attached hydrogen (secondary N) is 1. The van der Waals surface area contributed by atoms with Crippen molar-refractivity contribution in [3.8, 4) is 0 Å². The summed E-state index contributed by atoms with van der Waals surface area (Å²) in [5, 5.41) is 2.56. The molecule has 0 spiro atoms. The molecule has 0 heterocycles. The molecule has 0 fully saturated rings. The van der Waals surface area contributed by atoms with Crippen LogP contribution in [0.25, 0.3) is 0 Å². The van der Waals surface area contributed by atoms with E-state index in [0.29, 0.717) is 11.3 Å². The first-order valence-corrected chi connectivity index (χ1v) is 9.94. The molecule has 1 amide bonds. The van der Waals surface area contributed by atoms with E-state index in [2.05, 4.69) is 5.32 Å². The molecule has 0 aliphatic heterocycles. The summed E-state index contributed by atoms with van der Waals surface area (Å²) >= 11 is 0. The highest BCUT2D eigenvalue weighted by Crippen LogP contribution is 2.22. The van der Waals surface area contributed by atoms with Crippen LogP contribution in [0.5, 0.6) is 0 Å². The average molecular weight is 354 g/mol. The topological polar surface area (TPSA) is 89.5 Å². The predicted octanol–water partition coefficient (Wildman–Crippen LogP) is 0.869. The maximum absolute atomic E-state index is 11.9. The normalized spacial score (nSPS) is 12.9. The molecule has 1 aromatic carbocycles. The van der Waals surface area contributed by atoms with Gasteiger partial charge in [0.1, 0.15) is 0 Å². The van der Waals surface area contributed by atoms with Crippen molar-refractivity contribution in [1.82, 2.24) is 5.32 Å². The molecule has 1 aromatic rings. The molecule has 118 valence electrons. The summed E-state index contributed by atoms with van der Waals surface area (Å²) in [4.78, 5) is 11.7. The van der Waals surface area contributed by atoms with Crippen molar-refractivity contribution in [2.75, 3.05) is 25.7 Å². The Kier molecular flexibility index (Phi) is 6.79. The lowest BCUT2D eigenvalue weighted by molar-refractivity contribution is 0.0956. The van der Waals surface area contributed by atoms with Crippen molar-refractivity contribution in [3.63, 3.8) is 0 Å². The summed E-state index contributed by atoms with van der Waals surface area (Å²) in [5.41, 5.74) is 0.537. The Labute approximate surface area is 130 Å². The Morgan fingerprint density at radius 2 is 2.10 bits per heavy atom. The lowest BCUT2D eigenvalue weighted by Gasteiger charge is -2.09. The highest BCUT2D eigenvalue weighted by molar-refractivity contribution is 8.13. The van der Waals surface area contributed by atoms with Gasteiger partial charge in [0.15, 0.2) is 0 Å². The lowest BCUT2D eigenvalue weighted by Crippen LogP contribution is -2.27. The second kappa shape index (κ2) is 7.88. The van der Waals surface area contributed by atoms with Gasteiger partial charge in [-0.05, 0) is 17.7 Å². The zero-order valence-corrected chi connectivity index (χ0v) is 14.0. The minimum absolute atomic E-state index is 0.0675. The van der Waals surface area contributed by atoms with E-state index < -0.39 is 25.8 Å². The summed E-state index contributed by atoms with van der Waals surface area (Å²) in [7, 11) is 1.80. The third kappa shape index (κ3) is 5.74. The predicted molar refractivity (Wildman–Crippen MR) is 81.5 cm³/mol. The maximum Gasteiger partial charge on any atom is 0.261 e. The average Bonchev–Trinajstić information content (AvgIpc) is 2.37. The summed E-state index contributed by atoms with van der Waals surface area (Å²) in [6.07, 6.45) is 1.53. The van der Waals surface area contributed by atoms with Gasteiger partial charge in [-0.15, -0.1) is 0 Å². The molecule has 0 aromatic heterocycles. The first-order chi connectivity index (χ1) is 9.75. The number of benzene rings is 1. The van der Waals surface area contributed by atoms with Crippen LogP contribution in [-0.4, -0.2) is 44.2 Å². The van der Waals surface area contributed by atoms with E-state index in [1.54, 1.807) is 0 Å². The molecule has 21 heavy (non-hydrogen) atoms. The van der Waals surface area contributed by atoms with E-state index in [1.807, 2.05) is 0 Å². The Morgan fingerprint density at radius 1 is 1.43 bits per heavy atom. The van der Waals surface area contributed by atoms with E-state index in [4.69, 9.17) is 15.4 Å². The number of hydrogen-bond acceptors (Lipinski definition) is 5. The Morgan fingerprint density at radius 3 is 2.62 bits per heavy atom. The van der Waals surface area contributed by atoms with Crippen molar-refractivity contribution >= 4 is 36.4 Å². The second-order valence-corrected chi connectivity index (χ2v) is 8.32. The largest absolute Gasteiger partial charge is 0.380 e. The molecule has 6 nitrogen and oxygen atoms in total. The first-order valence-electron chi connectivity index (χ1n) is 5.90. The van der Waals surface area contributed by atoms with Gasteiger partial charge in [0.25, 0.3) is 15.0 Å². The van der Waals surface area contributed by atoms with Crippen LogP contribution >= 0.6 is 10.7 Å². The fourth-order valence-electron chi connectivity index (χ4n) is 1.61. The van der Waals surface area contributed by atoms with Crippen molar-refractivity contribution in [3.05, 3.63) is 29.3 Å². The zero-order chi connectivity index (χ0) is 16.0. The van der Waals surface area contributed by atoms with Crippen molar-refractivity contribution in [1.29, 1.82) is 0 Å². The third-order valence-electron chi connectivity index (χ3n) is 2.57. The van der Waals surface area contributed by atoms with E-state index in [-0.39, 0.29) is 23.6 Å². The van der Waals surface area contributed by atoms with Gasteiger partial charge in [-0.25, -0.2) is 8.42 Å². The number of halogens is 1. The van der Waals surface area contributed by atoms with E-state index >= 15 is 0 Å². The summed E-state index contributed by atoms with van der Waals surface area (Å²) in [6, 6.07) is 4.17. The van der Waals surface area contributed by atoms with Crippen molar-refractivity contribution in [2.45, 2.75) is 11.5 Å². The smallest absolute Gasteiger partial charge is 0.261 e. The number of hydrogen-bond donors (Lipinski definition) is 1. The molecule has 0 saturated carbocycles. The van der Waals surface area contributed by atoms with Gasteiger partial charge in [0.05, 0.1) is 11.5 Å². The van der Waals surface area contributed by atoms with E-state index in [1.165, 1.54) is 31.6 Å². The molecule has 9 heteroatoms. The minimum atomic E-state index is -3.98. The molecule has 0 saturated heterocycles. The van der Waals surface area contributed by atoms with Crippen LogP contribution in [0.3, 0.4) is 0 Å². The molecule has 0 bridgehead atoms. The van der Waals surface area contributed by atoms with Crippen LogP contribution in [0.2, 0.25) is 0 Å². The SMILES string of the molecule is COCc1ccc(C(=O)NCCS(C)=O)cc1S(=O)(=O)Cl. The molecule has 0 radical (unpaired) electrons. The van der Waals surface area contributed by atoms with Gasteiger partial charge in [0.2, 0.25) is 0 Å². The maximum atomic E-state index is 11.9. The molecule has 1 N–H and O–H groups in total. The highest BCUT2D eigenvalue weighted by atomic mass is 35.7. The number of carbonyl (C=O) groups is 1. The van der Waals surface area contributed by atoms with Gasteiger partial charge >= 0.3 is 0 Å². The monoisotopic (exact) mass is 353 g/mol. The van der Waals surface area contributed by atoms with Gasteiger partial charge < -0.3 is 10.1 Å². The fraction of sp³-hybridized carbons (Fsp3) is 0.417. The summed E-state index contributed by atoms with van der Waals surface area (Å²) in [6.45, 7) is 0.308. The summed E-state index contributed by atoms with van der Waals surface area (Å²) < 4.78 is 38.9. The first kappa shape index (κ1) is 18.1. The number of rotatable bonds is 7. The lowest BCUT2D eigenvalue weighted by atomic mass is 10.1. The molecule has 1 unspecified atom stereocenters. The van der Waals surface area contributed by atoms with Crippen LogP contribution in [-0.2, 0) is 31.2 Å².